The predicted octanol–water partition coefficient (Wildman–Crippen LogP) is 2.47. The Hall–Kier alpha value is -1.14. The molecule has 1 aromatic rings. The van der Waals surface area contributed by atoms with Crippen molar-refractivity contribution in [3.8, 4) is 0 Å². The number of hydrogen-bond acceptors (Lipinski definition) is 4. The molecule has 5 nitrogen and oxygen atoms in total. The smallest absolute Gasteiger partial charge is 0.255 e. The summed E-state index contributed by atoms with van der Waals surface area (Å²) in [5.74, 6) is 0.0836. The summed E-state index contributed by atoms with van der Waals surface area (Å²) in [6, 6.07) is 3.53. The number of nitrogen functional groups attached to an aromatic ring is 1. The van der Waals surface area contributed by atoms with Crippen molar-refractivity contribution < 1.29 is 4.79 Å². The molecule has 21 heavy (non-hydrogen) atoms. The van der Waals surface area contributed by atoms with E-state index in [1.807, 2.05) is 0 Å². The quantitative estimate of drug-likeness (QED) is 0.712. The van der Waals surface area contributed by atoms with E-state index < -0.39 is 0 Å². The molecule has 4 N–H and O–H groups in total. The Morgan fingerprint density at radius 1 is 1.33 bits per heavy atom. The minimum atomic E-state index is -0.161. The number of carbonyl (C=O) groups is 1. The van der Waals surface area contributed by atoms with Crippen molar-refractivity contribution in [2.45, 2.75) is 57.7 Å². The van der Waals surface area contributed by atoms with Crippen LogP contribution in [0.15, 0.2) is 16.7 Å². The Balaban J connectivity index is 2.12. The monoisotopic (exact) mass is 354 g/mol. The Kier molecular flexibility index (Phi) is 4.31. The Labute approximate surface area is 134 Å². The number of carbonyl (C=O) groups excluding carboxylic acids is 1. The second-order valence-electron chi connectivity index (χ2n) is 7.04. The van der Waals surface area contributed by atoms with Gasteiger partial charge in [-0.25, -0.2) is 4.98 Å². The zero-order valence-corrected chi connectivity index (χ0v) is 14.5. The maximum Gasteiger partial charge on any atom is 0.255 e. The lowest BCUT2D eigenvalue weighted by molar-refractivity contribution is 0.0874. The van der Waals surface area contributed by atoms with Gasteiger partial charge in [0.25, 0.3) is 5.91 Å². The number of amides is 1. The highest BCUT2D eigenvalue weighted by Gasteiger charge is 2.38. The van der Waals surface area contributed by atoms with Crippen LogP contribution in [0.25, 0.3) is 0 Å². The van der Waals surface area contributed by atoms with E-state index in [4.69, 9.17) is 5.73 Å². The van der Waals surface area contributed by atoms with Crippen molar-refractivity contribution in [2.75, 3.05) is 5.73 Å². The molecule has 1 aliphatic heterocycles. The summed E-state index contributed by atoms with van der Waals surface area (Å²) in [4.78, 5) is 16.5. The zero-order valence-electron chi connectivity index (χ0n) is 13.0. The van der Waals surface area contributed by atoms with E-state index in [0.717, 1.165) is 12.8 Å². The average Bonchev–Trinajstić information content (AvgIpc) is 2.23. The van der Waals surface area contributed by atoms with E-state index in [-0.39, 0.29) is 28.8 Å². The minimum Gasteiger partial charge on any atom is -0.383 e. The number of anilines is 1. The molecule has 0 spiro atoms. The van der Waals surface area contributed by atoms with Crippen LogP contribution >= 0.6 is 15.9 Å². The van der Waals surface area contributed by atoms with Gasteiger partial charge in [-0.3, -0.25) is 4.79 Å². The summed E-state index contributed by atoms with van der Waals surface area (Å²) in [5, 5.41) is 6.69. The lowest BCUT2D eigenvalue weighted by atomic mass is 9.79. The van der Waals surface area contributed by atoms with Gasteiger partial charge in [0.1, 0.15) is 10.4 Å². The molecule has 0 atom stereocenters. The molecule has 0 saturated carbocycles. The molecule has 0 unspecified atom stereocenters. The fourth-order valence-electron chi connectivity index (χ4n) is 3.33. The van der Waals surface area contributed by atoms with Crippen LogP contribution in [-0.4, -0.2) is 28.0 Å². The van der Waals surface area contributed by atoms with Gasteiger partial charge in [-0.2, -0.15) is 0 Å². The van der Waals surface area contributed by atoms with E-state index in [2.05, 4.69) is 59.2 Å². The number of rotatable bonds is 2. The summed E-state index contributed by atoms with van der Waals surface area (Å²) >= 11 is 3.24. The summed E-state index contributed by atoms with van der Waals surface area (Å²) in [5.41, 5.74) is 6.22. The van der Waals surface area contributed by atoms with Gasteiger partial charge in [-0.1, -0.05) is 0 Å². The summed E-state index contributed by atoms with van der Waals surface area (Å²) in [6.07, 6.45) is 1.76. The van der Waals surface area contributed by atoms with Crippen molar-refractivity contribution in [3.05, 3.63) is 22.3 Å². The van der Waals surface area contributed by atoms with Crippen LogP contribution in [-0.2, 0) is 0 Å². The maximum atomic E-state index is 12.4. The second kappa shape index (κ2) is 5.57. The van der Waals surface area contributed by atoms with E-state index >= 15 is 0 Å². The molecule has 6 heteroatoms. The highest BCUT2D eigenvalue weighted by Crippen LogP contribution is 2.28. The Morgan fingerprint density at radius 3 is 2.43 bits per heavy atom. The molecule has 116 valence electrons. The number of aromatic nitrogens is 1. The molecule has 1 fully saturated rings. The van der Waals surface area contributed by atoms with Gasteiger partial charge in [0.05, 0.1) is 5.56 Å². The van der Waals surface area contributed by atoms with Crippen LogP contribution in [0.1, 0.15) is 50.9 Å². The Morgan fingerprint density at radius 2 is 1.90 bits per heavy atom. The maximum absolute atomic E-state index is 12.4. The highest BCUT2D eigenvalue weighted by molar-refractivity contribution is 9.10. The normalized spacial score (nSPS) is 21.0. The van der Waals surface area contributed by atoms with Crippen molar-refractivity contribution >= 4 is 27.7 Å². The van der Waals surface area contributed by atoms with Gasteiger partial charge in [-0.15, -0.1) is 0 Å². The van der Waals surface area contributed by atoms with E-state index in [0.29, 0.717) is 10.2 Å². The first-order valence-corrected chi connectivity index (χ1v) is 7.89. The molecule has 1 aliphatic rings. The molecule has 1 aromatic heterocycles. The number of nitrogens with two attached hydrogens (primary N) is 1. The van der Waals surface area contributed by atoms with Crippen LogP contribution in [0.5, 0.6) is 0 Å². The molecular formula is C15H23BrN4O. The largest absolute Gasteiger partial charge is 0.383 e. The number of halogens is 1. The molecule has 0 aliphatic carbocycles. The third-order valence-electron chi connectivity index (χ3n) is 3.66. The first-order chi connectivity index (χ1) is 9.58. The van der Waals surface area contributed by atoms with Crippen LogP contribution in [0.3, 0.4) is 0 Å². The highest BCUT2D eigenvalue weighted by atomic mass is 79.9. The molecule has 2 heterocycles. The summed E-state index contributed by atoms with van der Waals surface area (Å²) in [7, 11) is 0. The van der Waals surface area contributed by atoms with Crippen LogP contribution < -0.4 is 16.4 Å². The molecular weight excluding hydrogens is 332 g/mol. The van der Waals surface area contributed by atoms with Crippen molar-refractivity contribution in [3.63, 3.8) is 0 Å². The van der Waals surface area contributed by atoms with Gasteiger partial charge in [0, 0.05) is 17.1 Å². The van der Waals surface area contributed by atoms with Crippen LogP contribution in [0.4, 0.5) is 5.82 Å². The average molecular weight is 355 g/mol. The fraction of sp³-hybridized carbons (Fsp3) is 0.600. The van der Waals surface area contributed by atoms with Crippen molar-refractivity contribution in [1.82, 2.24) is 15.6 Å². The number of piperidine rings is 1. The molecule has 0 bridgehead atoms. The van der Waals surface area contributed by atoms with Crippen molar-refractivity contribution in [1.29, 1.82) is 0 Å². The van der Waals surface area contributed by atoms with Gasteiger partial charge in [0.2, 0.25) is 0 Å². The van der Waals surface area contributed by atoms with E-state index in [1.165, 1.54) is 0 Å². The van der Waals surface area contributed by atoms with Gasteiger partial charge in [-0.05, 0) is 68.6 Å². The molecule has 2 rings (SSSR count). The number of nitrogens with one attached hydrogen (secondary N) is 2. The second-order valence-corrected chi connectivity index (χ2v) is 7.85. The fourth-order valence-corrected chi connectivity index (χ4v) is 3.65. The number of hydrogen-bond donors (Lipinski definition) is 3. The summed E-state index contributed by atoms with van der Waals surface area (Å²) in [6.45, 7) is 8.62. The standard InChI is InChI=1S/C15H23BrN4O/c1-14(2)7-9(8-15(3,4)20-14)18-13(21)10-5-6-11(16)19-12(10)17/h5-6,9,20H,7-8H2,1-4H3,(H2,17,19)(H,18,21). The molecule has 1 amide bonds. The lowest BCUT2D eigenvalue weighted by Gasteiger charge is -2.46. The number of pyridine rings is 1. The molecule has 0 aromatic carbocycles. The topological polar surface area (TPSA) is 80.0 Å². The van der Waals surface area contributed by atoms with Gasteiger partial charge >= 0.3 is 0 Å². The van der Waals surface area contributed by atoms with E-state index in [1.54, 1.807) is 12.1 Å². The molecule has 1 saturated heterocycles. The predicted molar refractivity (Wildman–Crippen MR) is 88.1 cm³/mol. The van der Waals surface area contributed by atoms with Gasteiger partial charge < -0.3 is 16.4 Å². The van der Waals surface area contributed by atoms with Crippen LogP contribution in [0, 0.1) is 0 Å². The summed E-state index contributed by atoms with van der Waals surface area (Å²) < 4.78 is 0.626. The van der Waals surface area contributed by atoms with Crippen molar-refractivity contribution in [2.24, 2.45) is 0 Å². The minimum absolute atomic E-state index is 0.0107. The lowest BCUT2D eigenvalue weighted by Crippen LogP contribution is -2.62. The zero-order chi connectivity index (χ0) is 15.8. The van der Waals surface area contributed by atoms with Crippen LogP contribution in [0.2, 0.25) is 0 Å². The van der Waals surface area contributed by atoms with E-state index in [9.17, 15) is 4.79 Å². The third-order valence-corrected chi connectivity index (χ3v) is 4.10. The SMILES string of the molecule is CC1(C)CC(NC(=O)c2ccc(Br)nc2N)CC(C)(C)N1. The Bertz CT molecular complexity index is 541. The number of nitrogens with zero attached hydrogens (tertiary/aromatic N) is 1. The first kappa shape index (κ1) is 16.2. The third kappa shape index (κ3) is 4.17. The first-order valence-electron chi connectivity index (χ1n) is 7.10. The molecule has 0 radical (unpaired) electrons. The van der Waals surface area contributed by atoms with Gasteiger partial charge in [0.15, 0.2) is 0 Å².